The van der Waals surface area contributed by atoms with Crippen LogP contribution in [-0.4, -0.2) is 4.98 Å². The molecule has 0 radical (unpaired) electrons. The van der Waals surface area contributed by atoms with E-state index in [-0.39, 0.29) is 10.8 Å². The van der Waals surface area contributed by atoms with Gasteiger partial charge < -0.3 is 5.73 Å². The molecule has 1 heterocycles. The summed E-state index contributed by atoms with van der Waals surface area (Å²) in [6.07, 6.45) is 1.58. The molecule has 2 nitrogen and oxygen atoms in total. The number of halogens is 2. The maximum Gasteiger partial charge on any atom is 0.145 e. The van der Waals surface area contributed by atoms with Crippen molar-refractivity contribution in [2.24, 2.45) is 0 Å². The van der Waals surface area contributed by atoms with Crippen molar-refractivity contribution in [1.29, 1.82) is 0 Å². The molecule has 0 atom stereocenters. The van der Waals surface area contributed by atoms with E-state index in [9.17, 15) is 4.39 Å². The van der Waals surface area contributed by atoms with E-state index in [0.717, 1.165) is 5.03 Å². The Morgan fingerprint density at radius 2 is 2.12 bits per heavy atom. The van der Waals surface area contributed by atoms with Crippen molar-refractivity contribution in [3.8, 4) is 0 Å². The molecule has 0 aliphatic rings. The molecule has 0 bridgehead atoms. The van der Waals surface area contributed by atoms with Crippen molar-refractivity contribution in [3.05, 3.63) is 52.9 Å². The lowest BCUT2D eigenvalue weighted by atomic mass is 10.2. The average molecular weight is 269 g/mol. The minimum atomic E-state index is -0.364. The lowest BCUT2D eigenvalue weighted by molar-refractivity contribution is 0.618. The van der Waals surface area contributed by atoms with Crippen LogP contribution in [0, 0.1) is 5.82 Å². The van der Waals surface area contributed by atoms with Crippen LogP contribution in [0.15, 0.2) is 41.6 Å². The highest BCUT2D eigenvalue weighted by Crippen LogP contribution is 2.25. The molecule has 17 heavy (non-hydrogen) atoms. The van der Waals surface area contributed by atoms with Crippen LogP contribution in [0.1, 0.15) is 5.56 Å². The molecule has 0 saturated heterocycles. The Bertz CT molecular complexity index is 516. The summed E-state index contributed by atoms with van der Waals surface area (Å²) in [5.41, 5.74) is 6.71. The molecule has 1 aromatic carbocycles. The van der Waals surface area contributed by atoms with E-state index in [4.69, 9.17) is 17.3 Å². The van der Waals surface area contributed by atoms with Crippen molar-refractivity contribution in [1.82, 2.24) is 4.98 Å². The maximum atomic E-state index is 13.6. The highest BCUT2D eigenvalue weighted by atomic mass is 35.5. The molecule has 0 amide bonds. The molecule has 0 spiro atoms. The molecule has 88 valence electrons. The van der Waals surface area contributed by atoms with E-state index < -0.39 is 0 Å². The van der Waals surface area contributed by atoms with Gasteiger partial charge in [-0.2, -0.15) is 0 Å². The van der Waals surface area contributed by atoms with E-state index in [0.29, 0.717) is 17.0 Å². The Kier molecular flexibility index (Phi) is 3.86. The quantitative estimate of drug-likeness (QED) is 0.862. The third-order valence-corrected chi connectivity index (χ3v) is 3.45. The number of thioether (sulfide) groups is 1. The fourth-order valence-electron chi connectivity index (χ4n) is 1.29. The summed E-state index contributed by atoms with van der Waals surface area (Å²) in [6, 6.07) is 8.56. The molecule has 0 unspecified atom stereocenters. The normalized spacial score (nSPS) is 10.5. The van der Waals surface area contributed by atoms with Gasteiger partial charge in [0.25, 0.3) is 0 Å². The van der Waals surface area contributed by atoms with Gasteiger partial charge in [0, 0.05) is 5.75 Å². The molecule has 5 heteroatoms. The molecular weight excluding hydrogens is 259 g/mol. The predicted octanol–water partition coefficient (Wildman–Crippen LogP) is 3.75. The Labute approximate surface area is 108 Å². The van der Waals surface area contributed by atoms with Crippen LogP contribution < -0.4 is 5.73 Å². The number of benzene rings is 1. The molecule has 0 fully saturated rings. The van der Waals surface area contributed by atoms with Crippen LogP contribution in [0.25, 0.3) is 0 Å². The average Bonchev–Trinajstić information content (AvgIpc) is 2.33. The van der Waals surface area contributed by atoms with E-state index >= 15 is 0 Å². The van der Waals surface area contributed by atoms with Crippen LogP contribution in [0.3, 0.4) is 0 Å². The monoisotopic (exact) mass is 268 g/mol. The second-order valence-electron chi connectivity index (χ2n) is 3.43. The molecular formula is C12H10ClFN2S. The summed E-state index contributed by atoms with van der Waals surface area (Å²) < 4.78 is 13.6. The molecule has 2 N–H and O–H groups in total. The van der Waals surface area contributed by atoms with E-state index in [1.165, 1.54) is 17.8 Å². The Morgan fingerprint density at radius 3 is 2.82 bits per heavy atom. The summed E-state index contributed by atoms with van der Waals surface area (Å²) in [5.74, 6) is 0.126. The zero-order valence-electron chi connectivity index (χ0n) is 8.86. The predicted molar refractivity (Wildman–Crippen MR) is 69.6 cm³/mol. The Balaban J connectivity index is 2.07. The first-order chi connectivity index (χ1) is 8.16. The van der Waals surface area contributed by atoms with Gasteiger partial charge in [0.05, 0.1) is 21.9 Å². The molecule has 0 aliphatic carbocycles. The second kappa shape index (κ2) is 5.38. The van der Waals surface area contributed by atoms with Gasteiger partial charge in [-0.05, 0) is 23.8 Å². The molecule has 2 rings (SSSR count). The van der Waals surface area contributed by atoms with Crippen molar-refractivity contribution in [2.45, 2.75) is 10.8 Å². The number of aromatic nitrogens is 1. The lowest BCUT2D eigenvalue weighted by Crippen LogP contribution is -1.90. The number of anilines is 1. The molecule has 2 aromatic rings. The topological polar surface area (TPSA) is 38.9 Å². The molecule has 0 saturated carbocycles. The van der Waals surface area contributed by atoms with E-state index in [1.54, 1.807) is 24.4 Å². The standard InChI is InChI=1S/C12H10ClFN2S/c13-10-3-1-2-8(12(10)14)7-17-11-5-4-9(15)6-16-11/h1-6H,7,15H2. The number of nitrogens with two attached hydrogens (primary N) is 1. The van der Waals surface area contributed by atoms with Gasteiger partial charge in [0.1, 0.15) is 5.82 Å². The highest BCUT2D eigenvalue weighted by Gasteiger charge is 2.06. The van der Waals surface area contributed by atoms with Crippen LogP contribution in [-0.2, 0) is 5.75 Å². The highest BCUT2D eigenvalue weighted by molar-refractivity contribution is 7.98. The summed E-state index contributed by atoms with van der Waals surface area (Å²) >= 11 is 7.14. The number of hydrogen-bond donors (Lipinski definition) is 1. The van der Waals surface area contributed by atoms with Crippen LogP contribution >= 0.6 is 23.4 Å². The van der Waals surface area contributed by atoms with Gasteiger partial charge >= 0.3 is 0 Å². The lowest BCUT2D eigenvalue weighted by Gasteiger charge is -2.04. The second-order valence-corrected chi connectivity index (χ2v) is 4.83. The van der Waals surface area contributed by atoms with Crippen molar-refractivity contribution in [3.63, 3.8) is 0 Å². The van der Waals surface area contributed by atoms with Gasteiger partial charge in [-0.3, -0.25) is 0 Å². The zero-order valence-corrected chi connectivity index (χ0v) is 10.4. The first kappa shape index (κ1) is 12.2. The third kappa shape index (κ3) is 3.11. The summed E-state index contributed by atoms with van der Waals surface area (Å²) in [6.45, 7) is 0. The largest absolute Gasteiger partial charge is 0.397 e. The number of nitrogen functional groups attached to an aromatic ring is 1. The van der Waals surface area contributed by atoms with Crippen LogP contribution in [0.4, 0.5) is 10.1 Å². The van der Waals surface area contributed by atoms with E-state index in [2.05, 4.69) is 4.98 Å². The van der Waals surface area contributed by atoms with Gasteiger partial charge in [0.2, 0.25) is 0 Å². The minimum absolute atomic E-state index is 0.147. The van der Waals surface area contributed by atoms with Crippen molar-refractivity contribution >= 4 is 29.1 Å². The van der Waals surface area contributed by atoms with Gasteiger partial charge in [-0.1, -0.05) is 23.7 Å². The van der Waals surface area contributed by atoms with Crippen LogP contribution in [0.2, 0.25) is 5.02 Å². The fourth-order valence-corrected chi connectivity index (χ4v) is 2.30. The van der Waals surface area contributed by atoms with Gasteiger partial charge in [-0.25, -0.2) is 9.37 Å². The number of rotatable bonds is 3. The number of hydrogen-bond acceptors (Lipinski definition) is 3. The smallest absolute Gasteiger partial charge is 0.145 e. The van der Waals surface area contributed by atoms with Gasteiger partial charge in [0.15, 0.2) is 0 Å². The van der Waals surface area contributed by atoms with E-state index in [1.807, 2.05) is 6.07 Å². The van der Waals surface area contributed by atoms with Crippen LogP contribution in [0.5, 0.6) is 0 Å². The SMILES string of the molecule is Nc1ccc(SCc2cccc(Cl)c2F)nc1. The number of nitrogens with zero attached hydrogens (tertiary/aromatic N) is 1. The fraction of sp³-hybridized carbons (Fsp3) is 0.0833. The zero-order chi connectivity index (χ0) is 12.3. The first-order valence-corrected chi connectivity index (χ1v) is 6.30. The van der Waals surface area contributed by atoms with Gasteiger partial charge in [-0.15, -0.1) is 11.8 Å². The molecule has 1 aromatic heterocycles. The number of pyridine rings is 1. The Hall–Kier alpha value is -1.26. The third-order valence-electron chi connectivity index (χ3n) is 2.17. The van der Waals surface area contributed by atoms with Crippen molar-refractivity contribution in [2.75, 3.05) is 5.73 Å². The van der Waals surface area contributed by atoms with Crippen molar-refractivity contribution < 1.29 is 4.39 Å². The Morgan fingerprint density at radius 1 is 1.29 bits per heavy atom. The summed E-state index contributed by atoms with van der Waals surface area (Å²) in [5, 5.41) is 0.951. The first-order valence-electron chi connectivity index (χ1n) is 4.94. The maximum absolute atomic E-state index is 13.6. The molecule has 0 aliphatic heterocycles. The summed E-state index contributed by atoms with van der Waals surface area (Å²) in [4.78, 5) is 4.13. The minimum Gasteiger partial charge on any atom is -0.397 e. The summed E-state index contributed by atoms with van der Waals surface area (Å²) in [7, 11) is 0.